The van der Waals surface area contributed by atoms with Crippen molar-refractivity contribution in [3.63, 3.8) is 0 Å². The van der Waals surface area contributed by atoms with Crippen LogP contribution in [-0.2, 0) is 0 Å². The highest BCUT2D eigenvalue weighted by atomic mass is 16.5. The van der Waals surface area contributed by atoms with Crippen LogP contribution < -0.4 is 10.1 Å². The van der Waals surface area contributed by atoms with Gasteiger partial charge >= 0.3 is 0 Å². The molecule has 84 valence electrons. The fraction of sp³-hybridized carbons (Fsp3) is 0.308. The maximum atomic E-state index is 5.59. The number of hydrogen-bond donors (Lipinski definition) is 1. The number of ether oxygens (including phenoxy) is 1. The van der Waals surface area contributed by atoms with E-state index in [9.17, 15) is 0 Å². The van der Waals surface area contributed by atoms with Crippen LogP contribution in [0.5, 0.6) is 5.75 Å². The monoisotopic (exact) mass is 216 g/mol. The van der Waals surface area contributed by atoms with Crippen molar-refractivity contribution in [1.82, 2.24) is 10.3 Å². The highest BCUT2D eigenvalue weighted by Gasteiger charge is 1.97. The molecule has 0 spiro atoms. The maximum Gasteiger partial charge on any atom is 0.138 e. The molecule has 0 aliphatic heterocycles. The highest BCUT2D eigenvalue weighted by molar-refractivity contribution is 5.79. The van der Waals surface area contributed by atoms with Crippen molar-refractivity contribution in [3.8, 4) is 5.75 Å². The van der Waals surface area contributed by atoms with Crippen LogP contribution in [0.3, 0.4) is 0 Å². The van der Waals surface area contributed by atoms with Crippen LogP contribution in [0.25, 0.3) is 10.9 Å². The van der Waals surface area contributed by atoms with Gasteiger partial charge in [0.25, 0.3) is 0 Å². The molecule has 0 radical (unpaired) electrons. The Balaban J connectivity index is 2.02. The third kappa shape index (κ3) is 2.70. The Hall–Kier alpha value is -1.61. The molecule has 1 N–H and O–H groups in total. The van der Waals surface area contributed by atoms with Crippen molar-refractivity contribution in [2.24, 2.45) is 0 Å². The number of aromatic nitrogens is 1. The van der Waals surface area contributed by atoms with Crippen LogP contribution in [0.1, 0.15) is 6.92 Å². The Labute approximate surface area is 95.5 Å². The van der Waals surface area contributed by atoms with Gasteiger partial charge in [0.2, 0.25) is 0 Å². The third-order valence-electron chi connectivity index (χ3n) is 2.36. The predicted octanol–water partition coefficient (Wildman–Crippen LogP) is 2.22. The van der Waals surface area contributed by atoms with Crippen LogP contribution >= 0.6 is 0 Å². The molecule has 3 heteroatoms. The summed E-state index contributed by atoms with van der Waals surface area (Å²) in [6.07, 6.45) is 1.77. The lowest BCUT2D eigenvalue weighted by Gasteiger charge is -2.06. The molecule has 1 heterocycles. The van der Waals surface area contributed by atoms with Gasteiger partial charge in [-0.05, 0) is 18.7 Å². The van der Waals surface area contributed by atoms with Crippen LogP contribution in [0, 0.1) is 0 Å². The molecule has 0 aliphatic carbocycles. The van der Waals surface area contributed by atoms with E-state index in [2.05, 4.69) is 17.2 Å². The number of nitrogens with one attached hydrogen (secondary N) is 1. The van der Waals surface area contributed by atoms with Gasteiger partial charge in [-0.3, -0.25) is 4.98 Å². The smallest absolute Gasteiger partial charge is 0.138 e. The zero-order valence-electron chi connectivity index (χ0n) is 9.44. The Bertz CT molecular complexity index is 456. The highest BCUT2D eigenvalue weighted by Crippen LogP contribution is 2.17. The summed E-state index contributed by atoms with van der Waals surface area (Å²) < 4.78 is 5.59. The summed E-state index contributed by atoms with van der Waals surface area (Å²) in [5, 5.41) is 4.32. The normalized spacial score (nSPS) is 10.6. The molecule has 0 saturated carbocycles. The lowest BCUT2D eigenvalue weighted by molar-refractivity contribution is 0.315. The van der Waals surface area contributed by atoms with Crippen molar-refractivity contribution >= 4 is 10.9 Å². The first-order valence-electron chi connectivity index (χ1n) is 5.58. The summed E-state index contributed by atoms with van der Waals surface area (Å²) >= 11 is 0. The van der Waals surface area contributed by atoms with E-state index >= 15 is 0 Å². The van der Waals surface area contributed by atoms with Crippen molar-refractivity contribution < 1.29 is 4.74 Å². The molecule has 3 nitrogen and oxygen atoms in total. The summed E-state index contributed by atoms with van der Waals surface area (Å²) in [5.74, 6) is 0.830. The summed E-state index contributed by atoms with van der Waals surface area (Å²) in [6, 6.07) is 10.1. The number of fused-ring (bicyclic) bond motifs is 1. The molecule has 16 heavy (non-hydrogen) atoms. The number of para-hydroxylation sites is 1. The molecule has 0 saturated heterocycles. The molecule has 0 unspecified atom stereocenters. The molecular formula is C13H16N2O. The molecule has 1 aromatic carbocycles. The van der Waals surface area contributed by atoms with Gasteiger partial charge in [0.15, 0.2) is 0 Å². The fourth-order valence-electron chi connectivity index (χ4n) is 1.55. The van der Waals surface area contributed by atoms with Crippen LogP contribution in [0.15, 0.2) is 36.5 Å². The fourth-order valence-corrected chi connectivity index (χ4v) is 1.55. The van der Waals surface area contributed by atoms with Crippen LogP contribution in [0.2, 0.25) is 0 Å². The molecule has 0 aliphatic rings. The quantitative estimate of drug-likeness (QED) is 0.778. The Morgan fingerprint density at radius 3 is 3.06 bits per heavy atom. The van der Waals surface area contributed by atoms with Gasteiger partial charge in [-0.15, -0.1) is 0 Å². The number of hydrogen-bond acceptors (Lipinski definition) is 3. The van der Waals surface area contributed by atoms with E-state index in [1.54, 1.807) is 6.20 Å². The van der Waals surface area contributed by atoms with Crippen LogP contribution in [0.4, 0.5) is 0 Å². The number of nitrogens with zero attached hydrogens (tertiary/aromatic N) is 1. The molecule has 2 rings (SSSR count). The molecule has 0 fully saturated rings. The van der Waals surface area contributed by atoms with Crippen molar-refractivity contribution in [2.45, 2.75) is 6.92 Å². The van der Waals surface area contributed by atoms with Crippen molar-refractivity contribution in [1.29, 1.82) is 0 Å². The van der Waals surface area contributed by atoms with E-state index in [1.807, 2.05) is 30.3 Å². The van der Waals surface area contributed by atoms with Gasteiger partial charge in [-0.1, -0.05) is 25.1 Å². The number of pyridine rings is 1. The average molecular weight is 216 g/mol. The van der Waals surface area contributed by atoms with E-state index in [1.165, 1.54) is 0 Å². The molecule has 2 aromatic rings. The zero-order valence-corrected chi connectivity index (χ0v) is 9.44. The average Bonchev–Trinajstić information content (AvgIpc) is 2.34. The maximum absolute atomic E-state index is 5.59. The summed E-state index contributed by atoms with van der Waals surface area (Å²) in [5.41, 5.74) is 1.00. The molecule has 0 amide bonds. The number of likely N-dealkylation sites (N-methyl/N-ethyl adjacent to an activating group) is 1. The second-order valence-corrected chi connectivity index (χ2v) is 3.57. The minimum absolute atomic E-state index is 0.674. The first-order valence-corrected chi connectivity index (χ1v) is 5.58. The van der Waals surface area contributed by atoms with Gasteiger partial charge in [0, 0.05) is 11.9 Å². The van der Waals surface area contributed by atoms with E-state index in [4.69, 9.17) is 4.74 Å². The summed E-state index contributed by atoms with van der Waals surface area (Å²) in [7, 11) is 0. The molecule has 0 bridgehead atoms. The zero-order chi connectivity index (χ0) is 11.2. The first-order chi connectivity index (χ1) is 7.90. The largest absolute Gasteiger partial charge is 0.491 e. The van der Waals surface area contributed by atoms with Gasteiger partial charge in [0.1, 0.15) is 12.4 Å². The van der Waals surface area contributed by atoms with Gasteiger partial charge in [0.05, 0.1) is 11.7 Å². The topological polar surface area (TPSA) is 34.1 Å². The first kappa shape index (κ1) is 10.9. The van der Waals surface area contributed by atoms with E-state index in [-0.39, 0.29) is 0 Å². The Morgan fingerprint density at radius 2 is 2.19 bits per heavy atom. The molecular weight excluding hydrogens is 200 g/mol. The standard InChI is InChI=1S/C13H16N2O/c1-2-14-7-8-16-12-9-11-5-3-4-6-13(11)15-10-12/h3-6,9-10,14H,2,7-8H2,1H3. The minimum atomic E-state index is 0.674. The number of rotatable bonds is 5. The Morgan fingerprint density at radius 1 is 1.31 bits per heavy atom. The van der Waals surface area contributed by atoms with E-state index in [0.717, 1.165) is 29.7 Å². The third-order valence-corrected chi connectivity index (χ3v) is 2.36. The molecule has 0 atom stereocenters. The van der Waals surface area contributed by atoms with E-state index in [0.29, 0.717) is 6.61 Å². The second kappa shape index (κ2) is 5.47. The van der Waals surface area contributed by atoms with Crippen molar-refractivity contribution in [3.05, 3.63) is 36.5 Å². The predicted molar refractivity (Wildman–Crippen MR) is 65.8 cm³/mol. The minimum Gasteiger partial charge on any atom is -0.491 e. The lowest BCUT2D eigenvalue weighted by atomic mass is 10.2. The lowest BCUT2D eigenvalue weighted by Crippen LogP contribution is -2.20. The van der Waals surface area contributed by atoms with Gasteiger partial charge < -0.3 is 10.1 Å². The summed E-state index contributed by atoms with van der Waals surface area (Å²) in [6.45, 7) is 4.59. The summed E-state index contributed by atoms with van der Waals surface area (Å²) in [4.78, 5) is 4.33. The van der Waals surface area contributed by atoms with Gasteiger partial charge in [-0.2, -0.15) is 0 Å². The molecule has 1 aromatic heterocycles. The number of benzene rings is 1. The SMILES string of the molecule is CCNCCOc1cnc2ccccc2c1. The van der Waals surface area contributed by atoms with Gasteiger partial charge in [-0.25, -0.2) is 0 Å². The van der Waals surface area contributed by atoms with Crippen molar-refractivity contribution in [2.75, 3.05) is 19.7 Å². The Kier molecular flexibility index (Phi) is 3.72. The van der Waals surface area contributed by atoms with Crippen LogP contribution in [-0.4, -0.2) is 24.7 Å². The van der Waals surface area contributed by atoms with E-state index < -0.39 is 0 Å². The second-order valence-electron chi connectivity index (χ2n) is 3.57.